The van der Waals surface area contributed by atoms with Gasteiger partial charge in [0, 0.05) is 26.2 Å². The number of hydrogen-bond donors (Lipinski definition) is 2. The van der Waals surface area contributed by atoms with E-state index in [9.17, 15) is 9.59 Å². The predicted molar refractivity (Wildman–Crippen MR) is 74.9 cm³/mol. The summed E-state index contributed by atoms with van der Waals surface area (Å²) in [6.45, 7) is 4.06. The molecule has 1 aromatic rings. The second-order valence-corrected chi connectivity index (χ2v) is 5.95. The van der Waals surface area contributed by atoms with Crippen LogP contribution in [0.3, 0.4) is 0 Å². The van der Waals surface area contributed by atoms with Gasteiger partial charge in [-0.25, -0.2) is 9.89 Å². The Morgan fingerprint density at radius 1 is 1.38 bits per heavy atom. The molecule has 0 aromatic carbocycles. The van der Waals surface area contributed by atoms with Crippen LogP contribution >= 0.6 is 0 Å². The lowest BCUT2D eigenvalue weighted by atomic mass is 9.89. The van der Waals surface area contributed by atoms with Gasteiger partial charge in [0.25, 0.3) is 0 Å². The summed E-state index contributed by atoms with van der Waals surface area (Å²) in [5.41, 5.74) is -0.473. The fourth-order valence-electron chi connectivity index (χ4n) is 3.14. The lowest BCUT2D eigenvalue weighted by molar-refractivity contribution is -0.147. The van der Waals surface area contributed by atoms with Crippen LogP contribution in [0.25, 0.3) is 0 Å². The summed E-state index contributed by atoms with van der Waals surface area (Å²) >= 11 is 0. The van der Waals surface area contributed by atoms with Gasteiger partial charge in [-0.2, -0.15) is 5.10 Å². The van der Waals surface area contributed by atoms with E-state index in [1.807, 2.05) is 4.90 Å². The highest BCUT2D eigenvalue weighted by atomic mass is 16.5. The second kappa shape index (κ2) is 5.61. The molecule has 2 aliphatic rings. The SMILES string of the molecule is CN1CCOC2(CCN(C(=O)Cc3n[nH]c(=O)[nH]3)CC2)C1. The quantitative estimate of drug-likeness (QED) is 0.727. The number of aromatic amines is 2. The molecule has 0 aliphatic carbocycles. The summed E-state index contributed by atoms with van der Waals surface area (Å²) in [4.78, 5) is 29.8. The first-order chi connectivity index (χ1) is 10.1. The van der Waals surface area contributed by atoms with E-state index >= 15 is 0 Å². The minimum atomic E-state index is -0.381. The van der Waals surface area contributed by atoms with Gasteiger partial charge in [0.1, 0.15) is 5.82 Å². The van der Waals surface area contributed by atoms with E-state index in [4.69, 9.17) is 4.74 Å². The van der Waals surface area contributed by atoms with Crippen molar-refractivity contribution in [1.82, 2.24) is 25.0 Å². The van der Waals surface area contributed by atoms with Crippen LogP contribution in [0.15, 0.2) is 4.79 Å². The van der Waals surface area contributed by atoms with E-state index in [0.29, 0.717) is 18.9 Å². The number of carbonyl (C=O) groups is 1. The molecule has 2 aliphatic heterocycles. The van der Waals surface area contributed by atoms with Gasteiger partial charge >= 0.3 is 5.69 Å². The minimum absolute atomic E-state index is 0.00300. The van der Waals surface area contributed by atoms with Gasteiger partial charge in [-0.1, -0.05) is 0 Å². The number of likely N-dealkylation sites (tertiary alicyclic amines) is 1. The number of aromatic nitrogens is 3. The number of carbonyl (C=O) groups excluding carboxylic acids is 1. The molecule has 3 heterocycles. The normalized spacial score (nSPS) is 22.6. The molecule has 1 amide bonds. The van der Waals surface area contributed by atoms with Crippen LogP contribution in [0.4, 0.5) is 0 Å². The van der Waals surface area contributed by atoms with E-state index < -0.39 is 0 Å². The number of hydrogen-bond acceptors (Lipinski definition) is 5. The molecule has 116 valence electrons. The number of nitrogens with one attached hydrogen (secondary N) is 2. The fourth-order valence-corrected chi connectivity index (χ4v) is 3.14. The molecule has 1 spiro atoms. The van der Waals surface area contributed by atoms with Gasteiger partial charge in [0.05, 0.1) is 18.6 Å². The van der Waals surface area contributed by atoms with E-state index in [1.165, 1.54) is 0 Å². The van der Waals surface area contributed by atoms with Gasteiger partial charge < -0.3 is 14.5 Å². The fraction of sp³-hybridized carbons (Fsp3) is 0.769. The number of piperidine rings is 1. The van der Waals surface area contributed by atoms with Crippen LogP contribution in [0.5, 0.6) is 0 Å². The van der Waals surface area contributed by atoms with Crippen molar-refractivity contribution in [2.24, 2.45) is 0 Å². The topological polar surface area (TPSA) is 94.3 Å². The van der Waals surface area contributed by atoms with Gasteiger partial charge in [0.15, 0.2) is 0 Å². The maximum absolute atomic E-state index is 12.2. The zero-order valence-corrected chi connectivity index (χ0v) is 12.2. The van der Waals surface area contributed by atoms with Crippen LogP contribution in [0, 0.1) is 0 Å². The zero-order valence-electron chi connectivity index (χ0n) is 12.2. The number of likely N-dealkylation sites (N-methyl/N-ethyl adjacent to an activating group) is 1. The van der Waals surface area contributed by atoms with E-state index in [1.54, 1.807) is 0 Å². The van der Waals surface area contributed by atoms with Gasteiger partial charge in [0.2, 0.25) is 5.91 Å². The average molecular weight is 295 g/mol. The standard InChI is InChI=1S/C13H21N5O3/c1-17-6-7-21-13(9-17)2-4-18(5-3-13)11(19)8-10-14-12(20)16-15-10/h2-9H2,1H3,(H2,14,15,16,20). The second-order valence-electron chi connectivity index (χ2n) is 5.95. The van der Waals surface area contributed by atoms with Crippen molar-refractivity contribution >= 4 is 5.91 Å². The molecule has 0 unspecified atom stereocenters. The van der Waals surface area contributed by atoms with Crippen LogP contribution in [-0.4, -0.2) is 76.3 Å². The predicted octanol–water partition coefficient (Wildman–Crippen LogP) is -1.04. The van der Waals surface area contributed by atoms with Crippen molar-refractivity contribution < 1.29 is 9.53 Å². The van der Waals surface area contributed by atoms with Crippen LogP contribution in [-0.2, 0) is 16.0 Å². The Bertz CT molecular complexity index is 558. The third-order valence-electron chi connectivity index (χ3n) is 4.34. The Kier molecular flexibility index (Phi) is 3.81. The number of H-pyrrole nitrogens is 2. The molecule has 0 saturated carbocycles. The molecule has 8 heteroatoms. The lowest BCUT2D eigenvalue weighted by Crippen LogP contribution is -2.56. The monoisotopic (exact) mass is 295 g/mol. The molecule has 0 atom stereocenters. The molecule has 1 aromatic heterocycles. The number of nitrogens with zero attached hydrogens (tertiary/aromatic N) is 3. The zero-order chi connectivity index (χ0) is 14.9. The molecule has 8 nitrogen and oxygen atoms in total. The third-order valence-corrected chi connectivity index (χ3v) is 4.34. The Balaban J connectivity index is 1.55. The number of ether oxygens (including phenoxy) is 1. The van der Waals surface area contributed by atoms with E-state index in [-0.39, 0.29) is 23.6 Å². The van der Waals surface area contributed by atoms with Crippen LogP contribution in [0.2, 0.25) is 0 Å². The van der Waals surface area contributed by atoms with E-state index in [2.05, 4.69) is 27.1 Å². The first kappa shape index (κ1) is 14.3. The van der Waals surface area contributed by atoms with Gasteiger partial charge in [-0.3, -0.25) is 9.78 Å². The highest BCUT2D eigenvalue weighted by molar-refractivity contribution is 5.78. The van der Waals surface area contributed by atoms with Crippen molar-refractivity contribution in [2.75, 3.05) is 39.8 Å². The van der Waals surface area contributed by atoms with Gasteiger partial charge in [-0.05, 0) is 19.9 Å². The summed E-state index contributed by atoms with van der Waals surface area (Å²) in [6, 6.07) is 0. The van der Waals surface area contributed by atoms with Crippen LogP contribution in [0.1, 0.15) is 18.7 Å². The maximum atomic E-state index is 12.2. The largest absolute Gasteiger partial charge is 0.372 e. The first-order valence-corrected chi connectivity index (χ1v) is 7.30. The first-order valence-electron chi connectivity index (χ1n) is 7.30. The Hall–Kier alpha value is -1.67. The maximum Gasteiger partial charge on any atom is 0.340 e. The molecule has 0 bridgehead atoms. The Morgan fingerprint density at radius 3 is 2.76 bits per heavy atom. The summed E-state index contributed by atoms with van der Waals surface area (Å²) in [5, 5.41) is 6.04. The molecule has 21 heavy (non-hydrogen) atoms. The number of amides is 1. The smallest absolute Gasteiger partial charge is 0.340 e. The molecular formula is C13H21N5O3. The van der Waals surface area contributed by atoms with Gasteiger partial charge in [-0.15, -0.1) is 0 Å². The van der Waals surface area contributed by atoms with Crippen molar-refractivity contribution in [3.05, 3.63) is 16.3 Å². The molecule has 2 N–H and O–H groups in total. The number of morpholine rings is 1. The summed E-state index contributed by atoms with van der Waals surface area (Å²) in [6.07, 6.45) is 1.85. The summed E-state index contributed by atoms with van der Waals surface area (Å²) in [5.74, 6) is 0.385. The molecule has 0 radical (unpaired) electrons. The minimum Gasteiger partial charge on any atom is -0.372 e. The molecule has 3 rings (SSSR count). The molecule has 2 fully saturated rings. The highest BCUT2D eigenvalue weighted by Gasteiger charge is 2.39. The Labute approximate surface area is 122 Å². The third kappa shape index (κ3) is 3.16. The number of rotatable bonds is 2. The van der Waals surface area contributed by atoms with Crippen molar-refractivity contribution in [1.29, 1.82) is 0 Å². The molecular weight excluding hydrogens is 274 g/mol. The van der Waals surface area contributed by atoms with Crippen LogP contribution < -0.4 is 5.69 Å². The van der Waals surface area contributed by atoms with Crippen molar-refractivity contribution in [3.8, 4) is 0 Å². The highest BCUT2D eigenvalue weighted by Crippen LogP contribution is 2.29. The summed E-state index contributed by atoms with van der Waals surface area (Å²) < 4.78 is 5.98. The average Bonchev–Trinajstić information content (AvgIpc) is 2.84. The Morgan fingerprint density at radius 2 is 2.14 bits per heavy atom. The summed E-state index contributed by atoms with van der Waals surface area (Å²) in [7, 11) is 2.11. The van der Waals surface area contributed by atoms with E-state index in [0.717, 1.165) is 32.5 Å². The molecule has 2 saturated heterocycles. The van der Waals surface area contributed by atoms with Crippen molar-refractivity contribution in [2.45, 2.75) is 24.9 Å². The van der Waals surface area contributed by atoms with Crippen molar-refractivity contribution in [3.63, 3.8) is 0 Å². The lowest BCUT2D eigenvalue weighted by Gasteiger charge is -2.46.